The van der Waals surface area contributed by atoms with Gasteiger partial charge in [0.1, 0.15) is 6.17 Å². The molecule has 1 saturated heterocycles. The molecule has 0 radical (unpaired) electrons. The van der Waals surface area contributed by atoms with Gasteiger partial charge in [0.2, 0.25) is 11.9 Å². The number of nitrogens with zero attached hydrogens (tertiary/aromatic N) is 4. The fourth-order valence-electron chi connectivity index (χ4n) is 5.39. The molecule has 1 aliphatic heterocycles. The Balaban J connectivity index is 1.45. The highest BCUT2D eigenvalue weighted by molar-refractivity contribution is 6.39. The standard InChI is InChI=1S/C31H34Cl2F4N6O2/c1-30(2,3)28(45)38-13-16-5-10-21(32)26(25(16)33)41-29-40-22-11-20(23(12-24(22)42(29)4)43-14-18(34)15-43)27(44)39-19-8-6-17(7-9-19)31(35,36)37/h5,10-12,17-18H,6-9,13-15H2,1-4H3,(H,38,45)(H,40,41). The van der Waals surface area contributed by atoms with E-state index in [1.807, 2.05) is 20.8 Å². The zero-order valence-corrected chi connectivity index (χ0v) is 26.8. The molecule has 0 spiro atoms. The second kappa shape index (κ2) is 12.4. The van der Waals surface area contributed by atoms with E-state index in [4.69, 9.17) is 23.2 Å². The number of halogens is 6. The van der Waals surface area contributed by atoms with Gasteiger partial charge in [0, 0.05) is 24.7 Å². The largest absolute Gasteiger partial charge is 0.391 e. The number of benzene rings is 2. The number of nitrogens with one attached hydrogen (secondary N) is 2. The summed E-state index contributed by atoms with van der Waals surface area (Å²) in [5.74, 6) is -1.79. The second-order valence-corrected chi connectivity index (χ2v) is 13.4. The van der Waals surface area contributed by atoms with Crippen molar-refractivity contribution in [3.05, 3.63) is 45.4 Å². The maximum atomic E-state index is 13.9. The van der Waals surface area contributed by atoms with Gasteiger partial charge in [-0.3, -0.25) is 9.59 Å². The van der Waals surface area contributed by atoms with E-state index in [-0.39, 0.29) is 56.8 Å². The quantitative estimate of drug-likeness (QED) is 0.262. The lowest BCUT2D eigenvalue weighted by Crippen LogP contribution is -2.49. The number of hydrogen-bond donors (Lipinski definition) is 2. The monoisotopic (exact) mass is 668 g/mol. The normalized spacial score (nSPS) is 17.8. The molecule has 2 aliphatic rings. The van der Waals surface area contributed by atoms with Crippen LogP contribution in [0.15, 0.2) is 29.3 Å². The SMILES string of the molecule is Cn1c(Nc2c(Cl)ccc(CNC(=O)C(C)(C)C)c2Cl)nc2cc(C(=O)N=C3CCC(C(F)(F)F)CC3)c(N3CC(F)C3)cc21. The van der Waals surface area contributed by atoms with Crippen LogP contribution >= 0.6 is 23.2 Å². The van der Waals surface area contributed by atoms with Crippen LogP contribution in [0.2, 0.25) is 10.0 Å². The van der Waals surface area contributed by atoms with Gasteiger partial charge in [-0.25, -0.2) is 14.4 Å². The molecule has 2 N–H and O–H groups in total. The average molecular weight is 670 g/mol. The topological polar surface area (TPSA) is 91.6 Å². The first-order chi connectivity index (χ1) is 21.0. The van der Waals surface area contributed by atoms with Gasteiger partial charge in [-0.1, -0.05) is 50.0 Å². The van der Waals surface area contributed by atoms with Gasteiger partial charge in [0.15, 0.2) is 0 Å². The van der Waals surface area contributed by atoms with E-state index in [0.29, 0.717) is 49.7 Å². The van der Waals surface area contributed by atoms with Gasteiger partial charge in [-0.15, -0.1) is 0 Å². The number of imidazole rings is 1. The lowest BCUT2D eigenvalue weighted by molar-refractivity contribution is -0.178. The molecule has 5 rings (SSSR count). The summed E-state index contributed by atoms with van der Waals surface area (Å²) in [5.41, 5.74) is 2.58. The summed E-state index contributed by atoms with van der Waals surface area (Å²) in [4.78, 5) is 36.4. The molecule has 1 saturated carbocycles. The average Bonchev–Trinajstić information content (AvgIpc) is 3.25. The number of anilines is 3. The van der Waals surface area contributed by atoms with Crippen LogP contribution in [0, 0.1) is 11.3 Å². The molecule has 2 fully saturated rings. The van der Waals surface area contributed by atoms with E-state index in [9.17, 15) is 27.2 Å². The third-order valence-electron chi connectivity index (χ3n) is 8.22. The summed E-state index contributed by atoms with van der Waals surface area (Å²) < 4.78 is 55.0. The number of fused-ring (bicyclic) bond motifs is 1. The maximum absolute atomic E-state index is 13.9. The fourth-order valence-corrected chi connectivity index (χ4v) is 5.92. The molecule has 45 heavy (non-hydrogen) atoms. The van der Waals surface area contributed by atoms with Crippen LogP contribution < -0.4 is 15.5 Å². The summed E-state index contributed by atoms with van der Waals surface area (Å²) >= 11 is 13.2. The van der Waals surface area contributed by atoms with Gasteiger partial charge in [0.25, 0.3) is 5.91 Å². The molecular weight excluding hydrogens is 635 g/mol. The lowest BCUT2D eigenvalue weighted by atomic mass is 9.87. The summed E-state index contributed by atoms with van der Waals surface area (Å²) in [7, 11) is 1.76. The highest BCUT2D eigenvalue weighted by atomic mass is 35.5. The summed E-state index contributed by atoms with van der Waals surface area (Å²) in [5, 5.41) is 6.65. The molecule has 242 valence electrons. The van der Waals surface area contributed by atoms with Crippen molar-refractivity contribution in [2.45, 2.75) is 65.3 Å². The van der Waals surface area contributed by atoms with E-state index in [0.717, 1.165) is 0 Å². The zero-order valence-electron chi connectivity index (χ0n) is 25.3. The molecule has 0 bridgehead atoms. The Morgan fingerprint density at radius 1 is 1.09 bits per heavy atom. The molecule has 1 aliphatic carbocycles. The van der Waals surface area contributed by atoms with Crippen molar-refractivity contribution in [1.29, 1.82) is 0 Å². The van der Waals surface area contributed by atoms with Crippen molar-refractivity contribution in [3.8, 4) is 0 Å². The van der Waals surface area contributed by atoms with Crippen LogP contribution in [-0.2, 0) is 18.4 Å². The molecular formula is C31H34Cl2F4N6O2. The molecule has 0 unspecified atom stereocenters. The number of aliphatic imine (C=N–C) groups is 1. The van der Waals surface area contributed by atoms with Crippen molar-refractivity contribution in [2.24, 2.45) is 23.4 Å². The van der Waals surface area contributed by atoms with Crippen LogP contribution in [0.5, 0.6) is 0 Å². The Kier molecular flexibility index (Phi) is 9.12. The molecule has 2 heterocycles. The molecule has 3 aromatic rings. The smallest absolute Gasteiger partial charge is 0.365 e. The molecule has 2 amide bonds. The first kappa shape index (κ1) is 33.0. The Morgan fingerprint density at radius 3 is 2.36 bits per heavy atom. The minimum atomic E-state index is -4.27. The predicted octanol–water partition coefficient (Wildman–Crippen LogP) is 7.78. The Hall–Kier alpha value is -3.38. The Labute approximate surface area is 268 Å². The van der Waals surface area contributed by atoms with Crippen molar-refractivity contribution in [2.75, 3.05) is 23.3 Å². The number of alkyl halides is 4. The van der Waals surface area contributed by atoms with E-state index in [1.54, 1.807) is 40.8 Å². The maximum Gasteiger partial charge on any atom is 0.391 e. The van der Waals surface area contributed by atoms with E-state index >= 15 is 0 Å². The molecule has 14 heteroatoms. The lowest BCUT2D eigenvalue weighted by Gasteiger charge is -2.37. The van der Waals surface area contributed by atoms with Crippen molar-refractivity contribution in [1.82, 2.24) is 14.9 Å². The Morgan fingerprint density at radius 2 is 1.76 bits per heavy atom. The highest BCUT2D eigenvalue weighted by Crippen LogP contribution is 2.39. The third kappa shape index (κ3) is 7.06. The van der Waals surface area contributed by atoms with Gasteiger partial charge in [-0.05, 0) is 49.4 Å². The molecule has 8 nitrogen and oxygen atoms in total. The van der Waals surface area contributed by atoms with Gasteiger partial charge >= 0.3 is 6.18 Å². The fraction of sp³-hybridized carbons (Fsp3) is 0.484. The van der Waals surface area contributed by atoms with E-state index < -0.39 is 29.6 Å². The number of aryl methyl sites for hydroxylation is 1. The van der Waals surface area contributed by atoms with Gasteiger partial charge < -0.3 is 20.1 Å². The number of rotatable bonds is 6. The van der Waals surface area contributed by atoms with E-state index in [2.05, 4.69) is 20.6 Å². The number of carbonyl (C=O) groups excluding carboxylic acids is 2. The predicted molar refractivity (Wildman–Crippen MR) is 169 cm³/mol. The number of carbonyl (C=O) groups is 2. The Bertz CT molecular complexity index is 1670. The van der Waals surface area contributed by atoms with Gasteiger partial charge in [-0.2, -0.15) is 13.2 Å². The summed E-state index contributed by atoms with van der Waals surface area (Å²) in [6.45, 7) is 5.81. The van der Waals surface area contributed by atoms with Gasteiger partial charge in [0.05, 0.1) is 57.0 Å². The minimum absolute atomic E-state index is 0.0852. The van der Waals surface area contributed by atoms with Crippen molar-refractivity contribution < 1.29 is 27.2 Å². The summed E-state index contributed by atoms with van der Waals surface area (Å²) in [6.07, 6.45) is -5.36. The molecule has 2 aromatic carbocycles. The van der Waals surface area contributed by atoms with Crippen LogP contribution in [0.4, 0.5) is 34.9 Å². The van der Waals surface area contributed by atoms with Crippen LogP contribution in [0.25, 0.3) is 11.0 Å². The van der Waals surface area contributed by atoms with E-state index in [1.165, 1.54) is 0 Å². The van der Waals surface area contributed by atoms with Crippen LogP contribution in [0.1, 0.15) is 62.4 Å². The third-order valence-corrected chi connectivity index (χ3v) is 8.97. The summed E-state index contributed by atoms with van der Waals surface area (Å²) in [6, 6.07) is 6.68. The first-order valence-electron chi connectivity index (χ1n) is 14.6. The van der Waals surface area contributed by atoms with Crippen LogP contribution in [0.3, 0.4) is 0 Å². The van der Waals surface area contributed by atoms with Crippen molar-refractivity contribution >= 4 is 69.1 Å². The zero-order chi connectivity index (χ0) is 32.8. The molecule has 0 atom stereocenters. The van der Waals surface area contributed by atoms with Crippen LogP contribution in [-0.4, -0.2) is 52.5 Å². The highest BCUT2D eigenvalue weighted by Gasteiger charge is 2.41. The second-order valence-electron chi connectivity index (χ2n) is 12.6. The number of aromatic nitrogens is 2. The first-order valence-corrected chi connectivity index (χ1v) is 15.4. The molecule has 1 aromatic heterocycles. The minimum Gasteiger partial charge on any atom is -0.365 e. The number of hydrogen-bond acceptors (Lipinski definition) is 5. The van der Waals surface area contributed by atoms with Crippen molar-refractivity contribution in [3.63, 3.8) is 0 Å². The number of amides is 2.